The molecule has 0 aliphatic carbocycles. The molecule has 0 amide bonds. The molecule has 0 spiro atoms. The maximum Gasteiger partial charge on any atom is 0.145 e. The van der Waals surface area contributed by atoms with Gasteiger partial charge in [-0.3, -0.25) is 0 Å². The highest BCUT2D eigenvalue weighted by molar-refractivity contribution is 6.33. The quantitative estimate of drug-likeness (QED) is 0.755. The Hall–Kier alpha value is -1.84. The minimum atomic E-state index is -0.362. The van der Waals surface area contributed by atoms with Gasteiger partial charge in [-0.2, -0.15) is 0 Å². The van der Waals surface area contributed by atoms with Gasteiger partial charge in [0, 0.05) is 16.0 Å². The van der Waals surface area contributed by atoms with Crippen molar-refractivity contribution < 1.29 is 8.81 Å². The van der Waals surface area contributed by atoms with Crippen LogP contribution in [0.4, 0.5) is 4.39 Å². The lowest BCUT2D eigenvalue weighted by Crippen LogP contribution is -1.92. The van der Waals surface area contributed by atoms with Gasteiger partial charge in [-0.25, -0.2) is 4.39 Å². The SMILES string of the molecule is NCc1cc2ccc(F)c(-c3ccccc3Cl)c2o1. The zero-order chi connectivity index (χ0) is 13.4. The summed E-state index contributed by atoms with van der Waals surface area (Å²) in [5.74, 6) is 0.257. The summed E-state index contributed by atoms with van der Waals surface area (Å²) in [6, 6.07) is 12.0. The van der Waals surface area contributed by atoms with Crippen molar-refractivity contribution in [1.29, 1.82) is 0 Å². The van der Waals surface area contributed by atoms with Crippen LogP contribution < -0.4 is 5.73 Å². The predicted molar refractivity (Wildman–Crippen MR) is 74.5 cm³/mol. The van der Waals surface area contributed by atoms with Crippen molar-refractivity contribution in [2.45, 2.75) is 6.54 Å². The first kappa shape index (κ1) is 12.2. The van der Waals surface area contributed by atoms with Crippen LogP contribution in [-0.4, -0.2) is 0 Å². The zero-order valence-electron chi connectivity index (χ0n) is 9.99. The third-order valence-electron chi connectivity index (χ3n) is 3.03. The molecule has 3 aromatic rings. The third-order valence-corrected chi connectivity index (χ3v) is 3.36. The highest BCUT2D eigenvalue weighted by Crippen LogP contribution is 2.36. The molecule has 2 aromatic carbocycles. The van der Waals surface area contributed by atoms with Crippen LogP contribution in [-0.2, 0) is 6.54 Å². The molecule has 96 valence electrons. The summed E-state index contributed by atoms with van der Waals surface area (Å²) in [7, 11) is 0. The van der Waals surface area contributed by atoms with Crippen molar-refractivity contribution in [3.8, 4) is 11.1 Å². The summed E-state index contributed by atoms with van der Waals surface area (Å²) >= 11 is 6.14. The van der Waals surface area contributed by atoms with Crippen LogP contribution in [0.5, 0.6) is 0 Å². The van der Waals surface area contributed by atoms with Gasteiger partial charge in [0.1, 0.15) is 17.2 Å². The molecule has 0 bridgehead atoms. The van der Waals surface area contributed by atoms with Gasteiger partial charge in [-0.1, -0.05) is 29.8 Å². The average Bonchev–Trinajstić information content (AvgIpc) is 2.83. The van der Waals surface area contributed by atoms with Crippen LogP contribution >= 0.6 is 11.6 Å². The Morgan fingerprint density at radius 1 is 1.16 bits per heavy atom. The first-order valence-corrected chi connectivity index (χ1v) is 6.24. The van der Waals surface area contributed by atoms with E-state index in [1.165, 1.54) is 6.07 Å². The molecule has 0 atom stereocenters. The topological polar surface area (TPSA) is 39.2 Å². The maximum atomic E-state index is 14.1. The van der Waals surface area contributed by atoms with Gasteiger partial charge < -0.3 is 10.2 Å². The van der Waals surface area contributed by atoms with Gasteiger partial charge in [0.05, 0.1) is 12.1 Å². The molecule has 2 nitrogen and oxygen atoms in total. The number of rotatable bonds is 2. The van der Waals surface area contributed by atoms with Crippen LogP contribution in [0.2, 0.25) is 5.02 Å². The molecule has 0 aliphatic heterocycles. The van der Waals surface area contributed by atoms with Crippen molar-refractivity contribution in [2.75, 3.05) is 0 Å². The number of hydrogen-bond donors (Lipinski definition) is 1. The smallest absolute Gasteiger partial charge is 0.145 e. The van der Waals surface area contributed by atoms with E-state index >= 15 is 0 Å². The Bertz CT molecular complexity index is 751. The number of fused-ring (bicyclic) bond motifs is 1. The van der Waals surface area contributed by atoms with E-state index in [1.807, 2.05) is 12.1 Å². The molecule has 1 heterocycles. The molecule has 0 aliphatic rings. The van der Waals surface area contributed by atoms with Crippen molar-refractivity contribution in [3.63, 3.8) is 0 Å². The molecule has 2 N–H and O–H groups in total. The fraction of sp³-hybridized carbons (Fsp3) is 0.0667. The Balaban J connectivity index is 2.36. The molecule has 0 radical (unpaired) electrons. The molecule has 1 aromatic heterocycles. The summed E-state index contributed by atoms with van der Waals surface area (Å²) in [6.45, 7) is 0.276. The van der Waals surface area contributed by atoms with Gasteiger partial charge in [0.25, 0.3) is 0 Å². The molecule has 0 unspecified atom stereocenters. The summed E-state index contributed by atoms with van der Waals surface area (Å²) in [5.41, 5.74) is 7.03. The van der Waals surface area contributed by atoms with E-state index in [-0.39, 0.29) is 12.4 Å². The minimum Gasteiger partial charge on any atom is -0.459 e. The van der Waals surface area contributed by atoms with Crippen molar-refractivity contribution in [1.82, 2.24) is 0 Å². The summed E-state index contributed by atoms with van der Waals surface area (Å²) in [4.78, 5) is 0. The standard InChI is InChI=1S/C15H11ClFNO/c16-12-4-2-1-3-11(12)14-13(17)6-5-9-7-10(8-18)19-15(9)14/h1-7H,8,18H2. The van der Waals surface area contributed by atoms with Crippen LogP contribution in [0.15, 0.2) is 46.9 Å². The predicted octanol–water partition coefficient (Wildman–Crippen LogP) is 4.35. The zero-order valence-corrected chi connectivity index (χ0v) is 10.7. The van der Waals surface area contributed by atoms with Crippen molar-refractivity contribution in [3.05, 3.63) is 59.1 Å². The first-order chi connectivity index (χ1) is 9.20. The van der Waals surface area contributed by atoms with E-state index in [4.69, 9.17) is 21.8 Å². The Labute approximate surface area is 114 Å². The highest BCUT2D eigenvalue weighted by Gasteiger charge is 2.16. The summed E-state index contributed by atoms with van der Waals surface area (Å²) < 4.78 is 19.8. The van der Waals surface area contributed by atoms with E-state index in [0.29, 0.717) is 27.5 Å². The largest absolute Gasteiger partial charge is 0.459 e. The van der Waals surface area contributed by atoms with Crippen molar-refractivity contribution >= 4 is 22.6 Å². The van der Waals surface area contributed by atoms with Crippen LogP contribution in [0.3, 0.4) is 0 Å². The normalized spacial score (nSPS) is 11.1. The number of halogens is 2. The lowest BCUT2D eigenvalue weighted by Gasteiger charge is -2.06. The van der Waals surface area contributed by atoms with Crippen LogP contribution in [0.1, 0.15) is 5.76 Å². The second-order valence-corrected chi connectivity index (χ2v) is 4.64. The van der Waals surface area contributed by atoms with E-state index in [0.717, 1.165) is 5.39 Å². The number of benzene rings is 2. The highest BCUT2D eigenvalue weighted by atomic mass is 35.5. The first-order valence-electron chi connectivity index (χ1n) is 5.86. The van der Waals surface area contributed by atoms with Crippen molar-refractivity contribution in [2.24, 2.45) is 5.73 Å². The fourth-order valence-electron chi connectivity index (χ4n) is 2.15. The van der Waals surface area contributed by atoms with E-state index in [1.54, 1.807) is 24.3 Å². The fourth-order valence-corrected chi connectivity index (χ4v) is 2.38. The van der Waals surface area contributed by atoms with Gasteiger partial charge in [-0.15, -0.1) is 0 Å². The molecule has 0 saturated carbocycles. The van der Waals surface area contributed by atoms with Gasteiger partial charge in [-0.05, 0) is 24.3 Å². The molecule has 19 heavy (non-hydrogen) atoms. The van der Waals surface area contributed by atoms with E-state index < -0.39 is 0 Å². The molecule has 0 saturated heterocycles. The number of hydrogen-bond acceptors (Lipinski definition) is 2. The monoisotopic (exact) mass is 275 g/mol. The minimum absolute atomic E-state index is 0.276. The summed E-state index contributed by atoms with van der Waals surface area (Å²) in [6.07, 6.45) is 0. The molecule has 0 fully saturated rings. The second-order valence-electron chi connectivity index (χ2n) is 4.24. The third kappa shape index (κ3) is 2.01. The van der Waals surface area contributed by atoms with Gasteiger partial charge in [0.15, 0.2) is 0 Å². The number of nitrogens with two attached hydrogens (primary N) is 1. The number of furan rings is 1. The molecular formula is C15H11ClFNO. The Kier molecular flexibility index (Phi) is 3.01. The molecule has 4 heteroatoms. The lowest BCUT2D eigenvalue weighted by molar-refractivity contribution is 0.549. The van der Waals surface area contributed by atoms with E-state index in [2.05, 4.69) is 0 Å². The van der Waals surface area contributed by atoms with E-state index in [9.17, 15) is 4.39 Å². The van der Waals surface area contributed by atoms with Gasteiger partial charge in [0.2, 0.25) is 0 Å². The van der Waals surface area contributed by atoms with Crippen LogP contribution in [0.25, 0.3) is 22.1 Å². The second kappa shape index (κ2) is 4.68. The Morgan fingerprint density at radius 2 is 1.95 bits per heavy atom. The maximum absolute atomic E-state index is 14.1. The van der Waals surface area contributed by atoms with Gasteiger partial charge >= 0.3 is 0 Å². The van der Waals surface area contributed by atoms with Crippen LogP contribution in [0, 0.1) is 5.82 Å². The Morgan fingerprint density at radius 3 is 2.68 bits per heavy atom. The lowest BCUT2D eigenvalue weighted by atomic mass is 10.0. The average molecular weight is 276 g/mol. The summed E-state index contributed by atoms with van der Waals surface area (Å²) in [5, 5.41) is 1.30. The molecular weight excluding hydrogens is 265 g/mol. The molecule has 3 rings (SSSR count).